The molecule has 9 nitrogen and oxygen atoms in total. The van der Waals surface area contributed by atoms with Gasteiger partial charge in [-0.05, 0) is 34.6 Å². The van der Waals surface area contributed by atoms with Crippen LogP contribution in [0.3, 0.4) is 0 Å². The average Bonchev–Trinajstić information content (AvgIpc) is 2.97. The highest BCUT2D eigenvalue weighted by Crippen LogP contribution is 2.56. The van der Waals surface area contributed by atoms with Crippen molar-refractivity contribution >= 4 is 21.2 Å². The van der Waals surface area contributed by atoms with Gasteiger partial charge in [-0.15, -0.1) is 0 Å². The Bertz CT molecular complexity index is 693. The van der Waals surface area contributed by atoms with Crippen molar-refractivity contribution in [3.8, 4) is 0 Å². The zero-order chi connectivity index (χ0) is 21.2. The van der Waals surface area contributed by atoms with Crippen LogP contribution in [-0.2, 0) is 44.3 Å². The maximum absolute atomic E-state index is 13.0. The molecule has 0 saturated carbocycles. The summed E-state index contributed by atoms with van der Waals surface area (Å²) in [6, 6.07) is 0. The molecule has 0 atom stereocenters. The standard InChI is InChI=1S/C17H30O9P2/c1-6-21-17(18)14-11-22-16(13-28(20,25-9-4)26-10-5)15(14)12-27(19,23-7-2)24-8-3/h11H,6-10,12-13H2,1-5H3. The molecule has 0 aliphatic rings. The maximum atomic E-state index is 13.0. The highest BCUT2D eigenvalue weighted by molar-refractivity contribution is 7.53. The van der Waals surface area contributed by atoms with Gasteiger partial charge in [-0.25, -0.2) is 4.79 Å². The van der Waals surface area contributed by atoms with E-state index in [1.807, 2.05) is 0 Å². The van der Waals surface area contributed by atoms with Gasteiger partial charge < -0.3 is 27.2 Å². The van der Waals surface area contributed by atoms with Crippen molar-refractivity contribution in [2.24, 2.45) is 0 Å². The lowest BCUT2D eigenvalue weighted by Gasteiger charge is -2.19. The molecule has 28 heavy (non-hydrogen) atoms. The largest absolute Gasteiger partial charge is 0.467 e. The molecular weight excluding hydrogens is 410 g/mol. The number of ether oxygens (including phenoxy) is 1. The fourth-order valence-corrected chi connectivity index (χ4v) is 5.96. The van der Waals surface area contributed by atoms with Crippen LogP contribution in [-0.4, -0.2) is 39.0 Å². The molecule has 0 aliphatic heterocycles. The van der Waals surface area contributed by atoms with E-state index in [4.69, 9.17) is 27.2 Å². The summed E-state index contributed by atoms with van der Waals surface area (Å²) >= 11 is 0. The van der Waals surface area contributed by atoms with E-state index in [2.05, 4.69) is 0 Å². The lowest BCUT2D eigenvalue weighted by Crippen LogP contribution is -2.09. The van der Waals surface area contributed by atoms with Gasteiger partial charge in [0.1, 0.15) is 23.7 Å². The summed E-state index contributed by atoms with van der Waals surface area (Å²) in [6.07, 6.45) is 0.738. The number of furan rings is 1. The molecule has 0 bridgehead atoms. The summed E-state index contributed by atoms with van der Waals surface area (Å²) in [5.41, 5.74) is 0.333. The summed E-state index contributed by atoms with van der Waals surface area (Å²) in [4.78, 5) is 12.3. The molecule has 0 fully saturated rings. The predicted octanol–water partition coefficient (Wildman–Crippen LogP) is 4.99. The molecular formula is C17H30O9P2. The number of esters is 1. The molecule has 0 spiro atoms. The van der Waals surface area contributed by atoms with Gasteiger partial charge in [-0.3, -0.25) is 9.13 Å². The van der Waals surface area contributed by atoms with Gasteiger partial charge in [0.25, 0.3) is 0 Å². The van der Waals surface area contributed by atoms with E-state index < -0.39 is 21.2 Å². The molecule has 0 aliphatic carbocycles. The molecule has 1 rings (SSSR count). The minimum atomic E-state index is -3.56. The topological polar surface area (TPSA) is 110 Å². The van der Waals surface area contributed by atoms with Crippen LogP contribution in [0.2, 0.25) is 0 Å². The van der Waals surface area contributed by atoms with E-state index >= 15 is 0 Å². The Morgan fingerprint density at radius 3 is 1.71 bits per heavy atom. The fraction of sp³-hybridized carbons (Fsp3) is 0.706. The lowest BCUT2D eigenvalue weighted by atomic mass is 10.2. The van der Waals surface area contributed by atoms with Crippen LogP contribution in [0.1, 0.15) is 56.3 Å². The summed E-state index contributed by atoms with van der Waals surface area (Å²) in [5.74, 6) is -0.484. The van der Waals surface area contributed by atoms with Crippen LogP contribution < -0.4 is 0 Å². The van der Waals surface area contributed by atoms with Crippen molar-refractivity contribution in [1.82, 2.24) is 0 Å². The molecule has 0 saturated heterocycles. The second-order valence-corrected chi connectivity index (χ2v) is 9.59. The van der Waals surface area contributed by atoms with Crippen molar-refractivity contribution in [3.05, 3.63) is 23.2 Å². The van der Waals surface area contributed by atoms with Gasteiger partial charge in [-0.2, -0.15) is 0 Å². The Labute approximate surface area is 166 Å². The molecule has 1 aromatic rings. The van der Waals surface area contributed by atoms with E-state index in [0.29, 0.717) is 0 Å². The van der Waals surface area contributed by atoms with Crippen molar-refractivity contribution in [1.29, 1.82) is 0 Å². The smallest absolute Gasteiger partial charge is 0.341 e. The molecule has 1 aromatic heterocycles. The quantitative estimate of drug-likeness (QED) is 0.292. The second kappa shape index (κ2) is 11.9. The van der Waals surface area contributed by atoms with Crippen LogP contribution >= 0.6 is 15.2 Å². The van der Waals surface area contributed by atoms with Crippen molar-refractivity contribution in [3.63, 3.8) is 0 Å². The molecule has 0 aromatic carbocycles. The van der Waals surface area contributed by atoms with E-state index in [1.54, 1.807) is 34.6 Å². The van der Waals surface area contributed by atoms with Crippen molar-refractivity contribution < 1.29 is 41.2 Å². The SMILES string of the molecule is CCOC(=O)c1coc(CP(=O)(OCC)OCC)c1CP(=O)(OCC)OCC. The highest BCUT2D eigenvalue weighted by atomic mass is 31.2. The van der Waals surface area contributed by atoms with Crippen LogP contribution in [0.5, 0.6) is 0 Å². The zero-order valence-corrected chi connectivity index (χ0v) is 18.9. The van der Waals surface area contributed by atoms with Gasteiger partial charge >= 0.3 is 21.2 Å². The average molecular weight is 440 g/mol. The highest BCUT2D eigenvalue weighted by Gasteiger charge is 2.35. The minimum Gasteiger partial charge on any atom is -0.467 e. The maximum Gasteiger partial charge on any atom is 0.341 e. The molecule has 1 heterocycles. The normalized spacial score (nSPS) is 12.3. The minimum absolute atomic E-state index is 0.0797. The van der Waals surface area contributed by atoms with Crippen LogP contribution in [0, 0.1) is 0 Å². The summed E-state index contributed by atoms with van der Waals surface area (Å²) in [6.45, 7) is 9.26. The van der Waals surface area contributed by atoms with Gasteiger partial charge in [0.05, 0.1) is 39.2 Å². The van der Waals surface area contributed by atoms with Gasteiger partial charge in [0.2, 0.25) is 0 Å². The Kier molecular flexibility index (Phi) is 10.7. The first-order valence-corrected chi connectivity index (χ1v) is 12.8. The van der Waals surface area contributed by atoms with E-state index in [9.17, 15) is 13.9 Å². The third-order valence-corrected chi connectivity index (χ3v) is 7.45. The van der Waals surface area contributed by atoms with E-state index in [1.165, 1.54) is 6.26 Å². The molecule has 11 heteroatoms. The van der Waals surface area contributed by atoms with Gasteiger partial charge in [0.15, 0.2) is 0 Å². The number of carbonyl (C=O) groups is 1. The van der Waals surface area contributed by atoms with Crippen LogP contribution in [0.15, 0.2) is 10.7 Å². The Morgan fingerprint density at radius 2 is 1.29 bits per heavy atom. The first-order chi connectivity index (χ1) is 13.3. The first kappa shape index (κ1) is 25.1. The molecule has 0 N–H and O–H groups in total. The molecule has 0 unspecified atom stereocenters. The third kappa shape index (κ3) is 7.14. The summed E-state index contributed by atoms with van der Waals surface area (Å²) in [7, 11) is -7.07. The Morgan fingerprint density at radius 1 is 0.821 bits per heavy atom. The van der Waals surface area contributed by atoms with Crippen LogP contribution in [0.4, 0.5) is 0 Å². The van der Waals surface area contributed by atoms with E-state index in [-0.39, 0.29) is 62.2 Å². The van der Waals surface area contributed by atoms with Crippen molar-refractivity contribution in [2.75, 3.05) is 33.0 Å². The summed E-state index contributed by atoms with van der Waals surface area (Å²) < 4.78 is 57.7. The number of hydrogen-bond donors (Lipinski definition) is 0. The van der Waals surface area contributed by atoms with Gasteiger partial charge in [-0.1, -0.05) is 0 Å². The number of carbonyl (C=O) groups excluding carboxylic acids is 1. The third-order valence-electron chi connectivity index (χ3n) is 3.47. The Balaban J connectivity index is 3.35. The van der Waals surface area contributed by atoms with Crippen molar-refractivity contribution in [2.45, 2.75) is 46.9 Å². The second-order valence-electron chi connectivity index (χ2n) is 5.48. The molecule has 162 valence electrons. The monoisotopic (exact) mass is 440 g/mol. The fourth-order valence-electron chi connectivity index (χ4n) is 2.52. The summed E-state index contributed by atoms with van der Waals surface area (Å²) in [5, 5.41) is 0. The first-order valence-electron chi connectivity index (χ1n) is 9.30. The number of hydrogen-bond acceptors (Lipinski definition) is 9. The zero-order valence-electron chi connectivity index (χ0n) is 17.1. The van der Waals surface area contributed by atoms with Gasteiger partial charge in [0, 0.05) is 5.56 Å². The molecule has 0 radical (unpaired) electrons. The van der Waals surface area contributed by atoms with Crippen LogP contribution in [0.25, 0.3) is 0 Å². The number of rotatable bonds is 14. The lowest BCUT2D eigenvalue weighted by molar-refractivity contribution is 0.0524. The van der Waals surface area contributed by atoms with E-state index in [0.717, 1.165) is 0 Å². The molecule has 0 amide bonds. The Hall–Kier alpha value is -0.950. The predicted molar refractivity (Wildman–Crippen MR) is 104 cm³/mol.